The van der Waals surface area contributed by atoms with Gasteiger partial charge in [-0.1, -0.05) is 0 Å². The summed E-state index contributed by atoms with van der Waals surface area (Å²) >= 11 is 0. The van der Waals surface area contributed by atoms with Gasteiger partial charge in [-0.15, -0.1) is 21.9 Å². The van der Waals surface area contributed by atoms with E-state index in [1.807, 2.05) is 13.8 Å². The van der Waals surface area contributed by atoms with Gasteiger partial charge in [-0.2, -0.15) is 0 Å². The van der Waals surface area contributed by atoms with E-state index in [1.165, 1.54) is 0 Å². The minimum atomic E-state index is -7.22. The van der Waals surface area contributed by atoms with Gasteiger partial charge in [-0.05, 0) is 13.8 Å². The SMILES string of the molecule is CCOCCOCC.Fc1c(F)c(F)c([B-](c2c(F)c(F)c(F)c(F)c2F)(c2c(F)c(F)c(F)c(F)c2F)c2c(F)c(F)c(F)c(F)c2F)c(F)c1F.[NaH]. The van der Waals surface area contributed by atoms with Crippen LogP contribution in [-0.2, 0) is 9.47 Å². The fourth-order valence-electron chi connectivity index (χ4n) is 5.28. The third-order valence-corrected chi connectivity index (χ3v) is 7.49. The average molecular weight is 821 g/mol. The Morgan fingerprint density at radius 1 is 0.278 bits per heavy atom. The summed E-state index contributed by atoms with van der Waals surface area (Å²) in [5.74, 6) is -71.4. The van der Waals surface area contributed by atoms with Crippen LogP contribution in [0.3, 0.4) is 0 Å². The van der Waals surface area contributed by atoms with Gasteiger partial charge in [0, 0.05) is 13.2 Å². The number of rotatable bonds is 9. The summed E-state index contributed by atoms with van der Waals surface area (Å²) in [6.45, 7) is 6.98. The van der Waals surface area contributed by atoms with Crippen molar-refractivity contribution in [3.63, 3.8) is 0 Å². The van der Waals surface area contributed by atoms with E-state index in [1.54, 1.807) is 0 Å². The molecule has 0 aliphatic rings. The molecule has 0 atom stereocenters. The summed E-state index contributed by atoms with van der Waals surface area (Å²) in [6, 6.07) is 0. The molecule has 0 amide bonds. The molecule has 0 aliphatic heterocycles. The monoisotopic (exact) mass is 821 g/mol. The third-order valence-electron chi connectivity index (χ3n) is 7.49. The quantitative estimate of drug-likeness (QED) is 0.0654. The molecule has 0 aromatic heterocycles. The van der Waals surface area contributed by atoms with Crippen LogP contribution in [0.15, 0.2) is 0 Å². The number of hydrogen-bond donors (Lipinski definition) is 0. The predicted octanol–water partition coefficient (Wildman–Crippen LogP) is 6.26. The maximum atomic E-state index is 15.4. The summed E-state index contributed by atoms with van der Waals surface area (Å²) < 4.78 is 304. The van der Waals surface area contributed by atoms with Gasteiger partial charge in [-0.25, -0.2) is 87.8 Å². The Labute approximate surface area is 310 Å². The number of benzene rings is 4. The first-order valence-electron chi connectivity index (χ1n) is 14.0. The molecule has 0 heterocycles. The van der Waals surface area contributed by atoms with Gasteiger partial charge in [0.2, 0.25) is 0 Å². The first-order chi connectivity index (χ1) is 24.6. The second-order valence-corrected chi connectivity index (χ2v) is 10.2. The van der Waals surface area contributed by atoms with Crippen molar-refractivity contribution in [3.8, 4) is 0 Å². The Morgan fingerprint density at radius 3 is 0.537 bits per heavy atom. The molecular weight excluding hydrogens is 806 g/mol. The summed E-state index contributed by atoms with van der Waals surface area (Å²) in [4.78, 5) is 0. The second kappa shape index (κ2) is 17.9. The van der Waals surface area contributed by atoms with E-state index in [9.17, 15) is 52.7 Å². The summed E-state index contributed by atoms with van der Waals surface area (Å²) in [5.41, 5.74) is -14.3. The van der Waals surface area contributed by atoms with E-state index in [0.717, 1.165) is 26.4 Å². The van der Waals surface area contributed by atoms with Crippen LogP contribution in [0.25, 0.3) is 0 Å². The molecule has 24 heteroatoms. The standard InChI is InChI=1S/C24BF20.C6H14O2.Na.H/c26-5-1(6(27)14(35)21(42)13(5)34)25(2-7(28)15(36)22(43)16(37)8(2)29,3-9(30)17(38)23(44)18(39)10(3)31)4-11(32)19(40)24(45)20(41)12(4)33;1-3-7-5-6-8-4-2;;/h;3-6H2,1-2H3;;/q-1;;;. The van der Waals surface area contributed by atoms with E-state index >= 15 is 35.1 Å². The molecule has 0 saturated carbocycles. The molecule has 0 saturated heterocycles. The molecule has 0 spiro atoms. The van der Waals surface area contributed by atoms with Gasteiger partial charge in [-0.3, -0.25) is 0 Å². The van der Waals surface area contributed by atoms with E-state index in [-0.39, 0.29) is 29.6 Å². The molecule has 0 aliphatic carbocycles. The van der Waals surface area contributed by atoms with Gasteiger partial charge in [0.05, 0.1) is 13.2 Å². The van der Waals surface area contributed by atoms with Crippen LogP contribution >= 0.6 is 0 Å². The Balaban J connectivity index is 0.00000101. The normalized spacial score (nSPS) is 11.4. The molecule has 0 fully saturated rings. The number of hydrogen-bond acceptors (Lipinski definition) is 2. The van der Waals surface area contributed by atoms with Crippen molar-refractivity contribution >= 4 is 57.6 Å². The number of halogens is 20. The molecule has 292 valence electrons. The van der Waals surface area contributed by atoms with Gasteiger partial charge in [0.25, 0.3) is 0 Å². The Kier molecular flexibility index (Phi) is 15.5. The van der Waals surface area contributed by atoms with Crippen molar-refractivity contribution in [2.45, 2.75) is 13.8 Å². The van der Waals surface area contributed by atoms with E-state index < -0.39 is 144 Å². The van der Waals surface area contributed by atoms with Crippen LogP contribution in [0.2, 0.25) is 0 Å². The molecule has 0 N–H and O–H groups in total. The molecule has 0 bridgehead atoms. The van der Waals surface area contributed by atoms with Gasteiger partial charge in [0.1, 0.15) is 52.7 Å². The van der Waals surface area contributed by atoms with Crippen LogP contribution in [0.5, 0.6) is 0 Å². The molecule has 54 heavy (non-hydrogen) atoms. The molecule has 4 rings (SSSR count). The van der Waals surface area contributed by atoms with Gasteiger partial charge < -0.3 is 9.47 Å². The van der Waals surface area contributed by atoms with Crippen LogP contribution < -0.4 is 21.9 Å². The van der Waals surface area contributed by atoms with Crippen LogP contribution in [-0.4, -0.2) is 62.1 Å². The zero-order chi connectivity index (χ0) is 40.6. The van der Waals surface area contributed by atoms with Gasteiger partial charge in [0.15, 0.2) is 69.8 Å². The molecule has 4 aromatic rings. The predicted molar refractivity (Wildman–Crippen MR) is 149 cm³/mol. The van der Waals surface area contributed by atoms with Crippen molar-refractivity contribution in [1.82, 2.24) is 0 Å². The van der Waals surface area contributed by atoms with Crippen molar-refractivity contribution in [3.05, 3.63) is 116 Å². The molecule has 0 radical (unpaired) electrons. The number of ether oxygens (including phenoxy) is 2. The maximum absolute atomic E-state index is 15.4. The minimum absolute atomic E-state index is 0. The zero-order valence-electron chi connectivity index (χ0n) is 25.8. The van der Waals surface area contributed by atoms with Crippen molar-refractivity contribution < 1.29 is 97.3 Å². The van der Waals surface area contributed by atoms with E-state index in [4.69, 9.17) is 9.47 Å². The summed E-state index contributed by atoms with van der Waals surface area (Å²) in [6.07, 6.45) is -7.22. The first kappa shape index (κ1) is 46.6. The van der Waals surface area contributed by atoms with E-state index in [2.05, 4.69) is 0 Å². The van der Waals surface area contributed by atoms with Gasteiger partial charge >= 0.3 is 29.6 Å². The summed E-state index contributed by atoms with van der Waals surface area (Å²) in [5, 5.41) is 0. The van der Waals surface area contributed by atoms with Crippen molar-refractivity contribution in [2.75, 3.05) is 26.4 Å². The van der Waals surface area contributed by atoms with Crippen LogP contribution in [0.4, 0.5) is 87.8 Å². The Hall–Kier alpha value is -3.54. The Morgan fingerprint density at radius 2 is 0.407 bits per heavy atom. The first-order valence-corrected chi connectivity index (χ1v) is 14.0. The fraction of sp³-hybridized carbons (Fsp3) is 0.200. The third kappa shape index (κ3) is 7.40. The zero-order valence-corrected chi connectivity index (χ0v) is 25.8. The molecular formula is C30H15BF20NaO2-. The van der Waals surface area contributed by atoms with E-state index in [0.29, 0.717) is 0 Å². The van der Waals surface area contributed by atoms with Crippen molar-refractivity contribution in [1.29, 1.82) is 0 Å². The average Bonchev–Trinajstić information content (AvgIpc) is 3.13. The Bertz CT molecular complexity index is 1690. The topological polar surface area (TPSA) is 18.5 Å². The second-order valence-electron chi connectivity index (χ2n) is 10.2. The van der Waals surface area contributed by atoms with Crippen molar-refractivity contribution in [2.24, 2.45) is 0 Å². The molecule has 0 unspecified atom stereocenters. The fourth-order valence-corrected chi connectivity index (χ4v) is 5.28. The van der Waals surface area contributed by atoms with Crippen LogP contribution in [0.1, 0.15) is 13.8 Å². The molecule has 4 aromatic carbocycles. The summed E-state index contributed by atoms with van der Waals surface area (Å²) in [7, 11) is 0. The van der Waals surface area contributed by atoms with Crippen LogP contribution in [0, 0.1) is 116 Å². The molecule has 2 nitrogen and oxygen atoms in total.